The second kappa shape index (κ2) is 7.35. The molecule has 1 amide bonds. The maximum absolute atomic E-state index is 11.8. The summed E-state index contributed by atoms with van der Waals surface area (Å²) in [7, 11) is 0. The topological polar surface area (TPSA) is 75.6 Å². The Labute approximate surface area is 142 Å². The average molecular weight is 354 g/mol. The number of benzene rings is 2. The Morgan fingerprint density at radius 1 is 1.13 bits per heavy atom. The van der Waals surface area contributed by atoms with E-state index < -0.39 is 18.5 Å². The van der Waals surface area contributed by atoms with Gasteiger partial charge in [-0.2, -0.15) is 0 Å². The fourth-order valence-corrected chi connectivity index (χ4v) is 2.23. The van der Waals surface area contributed by atoms with Crippen LogP contribution >= 0.6 is 23.2 Å². The van der Waals surface area contributed by atoms with Crippen LogP contribution in [0.15, 0.2) is 36.4 Å². The number of hydrogen-bond acceptors (Lipinski definition) is 4. The van der Waals surface area contributed by atoms with Crippen molar-refractivity contribution in [2.75, 3.05) is 11.9 Å². The van der Waals surface area contributed by atoms with Crippen LogP contribution in [-0.4, -0.2) is 23.6 Å². The molecule has 0 spiro atoms. The Bertz CT molecular complexity index is 762. The third-order valence-corrected chi connectivity index (χ3v) is 3.45. The van der Waals surface area contributed by atoms with E-state index in [1.54, 1.807) is 25.1 Å². The minimum atomic E-state index is -0.817. The molecule has 0 aliphatic heterocycles. The minimum Gasteiger partial charge on any atom is -0.507 e. The van der Waals surface area contributed by atoms with E-state index in [-0.39, 0.29) is 16.3 Å². The molecule has 0 saturated heterocycles. The van der Waals surface area contributed by atoms with E-state index in [9.17, 15) is 14.7 Å². The molecule has 0 aromatic heterocycles. The van der Waals surface area contributed by atoms with E-state index in [0.29, 0.717) is 10.7 Å². The first kappa shape index (κ1) is 17.1. The minimum absolute atomic E-state index is 0.0649. The Balaban J connectivity index is 1.94. The normalized spacial score (nSPS) is 10.2. The number of nitrogens with one attached hydrogen (secondary N) is 1. The maximum atomic E-state index is 11.8. The number of carbonyl (C=O) groups is 2. The number of halogens is 2. The smallest absolute Gasteiger partial charge is 0.342 e. The van der Waals surface area contributed by atoms with Crippen LogP contribution in [0.1, 0.15) is 15.9 Å². The van der Waals surface area contributed by atoms with Crippen molar-refractivity contribution in [1.29, 1.82) is 0 Å². The van der Waals surface area contributed by atoms with Crippen LogP contribution < -0.4 is 5.32 Å². The zero-order chi connectivity index (χ0) is 17.0. The summed E-state index contributed by atoms with van der Waals surface area (Å²) >= 11 is 11.5. The monoisotopic (exact) mass is 353 g/mol. The number of ether oxygens (including phenoxy) is 1. The third kappa shape index (κ3) is 4.61. The van der Waals surface area contributed by atoms with Gasteiger partial charge in [-0.1, -0.05) is 23.2 Å². The molecular weight excluding hydrogens is 341 g/mol. The van der Waals surface area contributed by atoms with E-state index in [1.165, 1.54) is 18.2 Å². The lowest BCUT2D eigenvalue weighted by Crippen LogP contribution is -2.21. The number of aryl methyl sites for hydroxylation is 1. The van der Waals surface area contributed by atoms with Gasteiger partial charge in [-0.3, -0.25) is 4.79 Å². The number of carbonyl (C=O) groups excluding carboxylic acids is 2. The highest BCUT2D eigenvalue weighted by molar-refractivity contribution is 6.31. The first-order valence-corrected chi connectivity index (χ1v) is 7.34. The van der Waals surface area contributed by atoms with Gasteiger partial charge in [0.05, 0.1) is 0 Å². The summed E-state index contributed by atoms with van der Waals surface area (Å²) < 4.78 is 4.87. The molecule has 0 atom stereocenters. The molecule has 5 nitrogen and oxygen atoms in total. The van der Waals surface area contributed by atoms with Crippen molar-refractivity contribution in [3.05, 3.63) is 57.6 Å². The van der Waals surface area contributed by atoms with Crippen molar-refractivity contribution in [1.82, 2.24) is 0 Å². The molecule has 0 heterocycles. The highest BCUT2D eigenvalue weighted by Crippen LogP contribution is 2.23. The molecule has 0 aliphatic rings. The molecule has 2 aromatic rings. The van der Waals surface area contributed by atoms with Crippen molar-refractivity contribution in [3.63, 3.8) is 0 Å². The summed E-state index contributed by atoms with van der Waals surface area (Å²) in [5, 5.41) is 13.1. The van der Waals surface area contributed by atoms with Crippen LogP contribution in [0.2, 0.25) is 10.0 Å². The molecule has 0 unspecified atom stereocenters. The SMILES string of the molecule is Cc1cc(Cl)ccc1NC(=O)COC(=O)c1ccc(Cl)cc1O. The lowest BCUT2D eigenvalue weighted by atomic mass is 10.2. The summed E-state index contributed by atoms with van der Waals surface area (Å²) in [6.45, 7) is 1.31. The van der Waals surface area contributed by atoms with Crippen LogP contribution in [0.5, 0.6) is 5.75 Å². The number of aromatic hydroxyl groups is 1. The Morgan fingerprint density at radius 2 is 1.78 bits per heavy atom. The van der Waals surface area contributed by atoms with Gasteiger partial charge in [0.2, 0.25) is 0 Å². The van der Waals surface area contributed by atoms with Crippen molar-refractivity contribution in [2.45, 2.75) is 6.92 Å². The molecule has 2 N–H and O–H groups in total. The molecule has 7 heteroatoms. The summed E-state index contributed by atoms with van der Waals surface area (Å²) in [5.41, 5.74) is 1.29. The van der Waals surface area contributed by atoms with Gasteiger partial charge in [0, 0.05) is 15.7 Å². The van der Waals surface area contributed by atoms with E-state index in [2.05, 4.69) is 5.32 Å². The van der Waals surface area contributed by atoms with Crippen molar-refractivity contribution in [2.24, 2.45) is 0 Å². The number of hydrogen-bond donors (Lipinski definition) is 2. The first-order valence-electron chi connectivity index (χ1n) is 6.58. The van der Waals surface area contributed by atoms with Gasteiger partial charge in [0.25, 0.3) is 5.91 Å². The second-order valence-corrected chi connectivity index (χ2v) is 5.62. The largest absolute Gasteiger partial charge is 0.507 e. The average Bonchev–Trinajstić information content (AvgIpc) is 2.48. The molecule has 0 bridgehead atoms. The summed E-state index contributed by atoms with van der Waals surface area (Å²) in [6.07, 6.45) is 0. The van der Waals surface area contributed by atoms with Gasteiger partial charge in [-0.05, 0) is 48.9 Å². The number of amides is 1. The van der Waals surface area contributed by atoms with Crippen molar-refractivity contribution in [3.8, 4) is 5.75 Å². The first-order chi connectivity index (χ1) is 10.9. The molecule has 120 valence electrons. The van der Waals surface area contributed by atoms with Gasteiger partial charge < -0.3 is 15.2 Å². The van der Waals surface area contributed by atoms with Gasteiger partial charge in [0.15, 0.2) is 6.61 Å². The predicted octanol–water partition coefficient (Wildman–Crippen LogP) is 3.80. The quantitative estimate of drug-likeness (QED) is 0.819. The Kier molecular flexibility index (Phi) is 5.47. The Morgan fingerprint density at radius 3 is 2.43 bits per heavy atom. The fraction of sp³-hybridized carbons (Fsp3) is 0.125. The lowest BCUT2D eigenvalue weighted by Gasteiger charge is -2.09. The van der Waals surface area contributed by atoms with E-state index >= 15 is 0 Å². The summed E-state index contributed by atoms with van der Waals surface area (Å²) in [5.74, 6) is -1.63. The zero-order valence-electron chi connectivity index (χ0n) is 12.1. The summed E-state index contributed by atoms with van der Waals surface area (Å²) in [4.78, 5) is 23.6. The fourth-order valence-electron chi connectivity index (χ4n) is 1.84. The standard InChI is InChI=1S/C16H13Cl2NO4/c1-9-6-10(17)3-5-13(9)19-15(21)8-23-16(22)12-4-2-11(18)7-14(12)20/h2-7,20H,8H2,1H3,(H,19,21). The van der Waals surface area contributed by atoms with Crippen molar-refractivity contribution < 1.29 is 19.4 Å². The number of phenols is 1. The maximum Gasteiger partial charge on any atom is 0.342 e. The zero-order valence-corrected chi connectivity index (χ0v) is 13.6. The van der Waals surface area contributed by atoms with E-state index in [0.717, 1.165) is 5.56 Å². The van der Waals surface area contributed by atoms with Crippen LogP contribution in [0.4, 0.5) is 5.69 Å². The van der Waals surface area contributed by atoms with Crippen LogP contribution in [0, 0.1) is 6.92 Å². The molecule has 2 aromatic carbocycles. The Hall–Kier alpha value is -2.24. The second-order valence-electron chi connectivity index (χ2n) is 4.75. The predicted molar refractivity (Wildman–Crippen MR) is 88.2 cm³/mol. The molecule has 2 rings (SSSR count). The van der Waals surface area contributed by atoms with Crippen LogP contribution in [0.3, 0.4) is 0 Å². The molecule has 0 radical (unpaired) electrons. The number of esters is 1. The van der Waals surface area contributed by atoms with E-state index in [4.69, 9.17) is 27.9 Å². The molecule has 0 saturated carbocycles. The number of anilines is 1. The van der Waals surface area contributed by atoms with Gasteiger partial charge >= 0.3 is 5.97 Å². The molecule has 23 heavy (non-hydrogen) atoms. The molecular formula is C16H13Cl2NO4. The van der Waals surface area contributed by atoms with Crippen molar-refractivity contribution >= 4 is 40.8 Å². The number of rotatable bonds is 4. The van der Waals surface area contributed by atoms with Gasteiger partial charge in [-0.25, -0.2) is 4.79 Å². The molecule has 0 fully saturated rings. The highest BCUT2D eigenvalue weighted by Gasteiger charge is 2.15. The van der Waals surface area contributed by atoms with Gasteiger partial charge in [-0.15, -0.1) is 0 Å². The summed E-state index contributed by atoms with van der Waals surface area (Å²) in [6, 6.07) is 8.98. The van der Waals surface area contributed by atoms with E-state index in [1.807, 2.05) is 0 Å². The molecule has 0 aliphatic carbocycles. The van der Waals surface area contributed by atoms with Gasteiger partial charge in [0.1, 0.15) is 11.3 Å². The van der Waals surface area contributed by atoms with Crippen LogP contribution in [-0.2, 0) is 9.53 Å². The number of phenolic OH excluding ortho intramolecular Hbond substituents is 1. The lowest BCUT2D eigenvalue weighted by molar-refractivity contribution is -0.119. The van der Waals surface area contributed by atoms with Crippen LogP contribution in [0.25, 0.3) is 0 Å². The third-order valence-electron chi connectivity index (χ3n) is 2.98. The highest BCUT2D eigenvalue weighted by atomic mass is 35.5.